The molecular weight excluding hydrogens is 428 g/mol. The van der Waals surface area contributed by atoms with Crippen molar-refractivity contribution < 1.29 is 9.59 Å². The number of amidine groups is 1. The Bertz CT molecular complexity index is 1260. The highest BCUT2D eigenvalue weighted by molar-refractivity contribution is 8.18. The molecule has 31 heavy (non-hydrogen) atoms. The fourth-order valence-electron chi connectivity index (χ4n) is 3.65. The van der Waals surface area contributed by atoms with Crippen LogP contribution in [-0.4, -0.2) is 40.5 Å². The van der Waals surface area contributed by atoms with Crippen molar-refractivity contribution in [3.63, 3.8) is 0 Å². The monoisotopic (exact) mass is 446 g/mol. The van der Waals surface area contributed by atoms with E-state index < -0.39 is 0 Å². The van der Waals surface area contributed by atoms with Crippen molar-refractivity contribution in [2.45, 2.75) is 6.92 Å². The molecule has 6 nitrogen and oxygen atoms in total. The van der Waals surface area contributed by atoms with Gasteiger partial charge in [0.15, 0.2) is 5.17 Å². The van der Waals surface area contributed by atoms with Crippen molar-refractivity contribution in [2.75, 3.05) is 18.5 Å². The number of para-hydroxylation sites is 1. The molecule has 1 fully saturated rings. The molecule has 8 heteroatoms. The molecule has 3 heterocycles. The molecule has 2 aliphatic heterocycles. The smallest absolute Gasteiger partial charge is 0.267 e. The number of aromatic nitrogens is 1. The first-order chi connectivity index (χ1) is 15.1. The van der Waals surface area contributed by atoms with Crippen LogP contribution < -0.4 is 4.90 Å². The Hall–Kier alpha value is -3.23. The predicted molar refractivity (Wildman–Crippen MR) is 126 cm³/mol. The van der Waals surface area contributed by atoms with Gasteiger partial charge >= 0.3 is 0 Å². The van der Waals surface area contributed by atoms with Crippen molar-refractivity contribution in [3.05, 3.63) is 70.4 Å². The molecule has 0 spiro atoms. The summed E-state index contributed by atoms with van der Waals surface area (Å²) in [5.41, 5.74) is 3.91. The number of fused-ring (bicyclic) bond motifs is 1. The first kappa shape index (κ1) is 19.7. The number of hydrogen-bond donors (Lipinski definition) is 0. The van der Waals surface area contributed by atoms with Crippen LogP contribution >= 0.6 is 23.1 Å². The van der Waals surface area contributed by atoms with Crippen LogP contribution in [0, 0.1) is 0 Å². The summed E-state index contributed by atoms with van der Waals surface area (Å²) in [5.74, 6) is -0.366. The van der Waals surface area contributed by atoms with Crippen LogP contribution in [-0.2, 0) is 9.59 Å². The van der Waals surface area contributed by atoms with E-state index >= 15 is 0 Å². The minimum Gasteiger partial charge on any atom is -0.311 e. The van der Waals surface area contributed by atoms with Gasteiger partial charge in [-0.2, -0.15) is 4.99 Å². The molecule has 1 aromatic heterocycles. The molecule has 154 valence electrons. The van der Waals surface area contributed by atoms with Crippen molar-refractivity contribution in [3.8, 4) is 11.3 Å². The molecule has 0 aliphatic carbocycles. The number of thiazole rings is 1. The summed E-state index contributed by atoms with van der Waals surface area (Å²) in [6.45, 7) is 2.36. The van der Waals surface area contributed by atoms with E-state index in [0.717, 1.165) is 22.5 Å². The molecule has 2 amide bonds. The van der Waals surface area contributed by atoms with Gasteiger partial charge in [0, 0.05) is 30.1 Å². The molecule has 0 saturated carbocycles. The largest absolute Gasteiger partial charge is 0.311 e. The Kier molecular flexibility index (Phi) is 4.95. The minimum absolute atomic E-state index is 0.171. The van der Waals surface area contributed by atoms with Crippen LogP contribution in [0.3, 0.4) is 0 Å². The van der Waals surface area contributed by atoms with Gasteiger partial charge in [-0.25, -0.2) is 4.98 Å². The van der Waals surface area contributed by atoms with Gasteiger partial charge in [-0.15, -0.1) is 11.3 Å². The summed E-state index contributed by atoms with van der Waals surface area (Å²) in [7, 11) is 1.73. The van der Waals surface area contributed by atoms with Gasteiger partial charge in [0.25, 0.3) is 11.8 Å². The van der Waals surface area contributed by atoms with Crippen LogP contribution in [0.1, 0.15) is 12.5 Å². The Morgan fingerprint density at radius 2 is 1.74 bits per heavy atom. The second kappa shape index (κ2) is 7.79. The zero-order chi connectivity index (χ0) is 21.5. The molecule has 2 aliphatic rings. The van der Waals surface area contributed by atoms with E-state index in [0.29, 0.717) is 27.3 Å². The normalized spacial score (nSPS) is 19.6. The third kappa shape index (κ3) is 3.28. The number of carbonyl (C=O) groups is 2. The van der Waals surface area contributed by atoms with Crippen molar-refractivity contribution >= 4 is 56.5 Å². The summed E-state index contributed by atoms with van der Waals surface area (Å²) in [4.78, 5) is 39.0. The molecule has 0 atom stereocenters. The van der Waals surface area contributed by atoms with E-state index in [1.165, 1.54) is 23.1 Å². The minimum atomic E-state index is -0.195. The highest BCUT2D eigenvalue weighted by Gasteiger charge is 2.41. The maximum atomic E-state index is 13.2. The zero-order valence-corrected chi connectivity index (χ0v) is 18.5. The summed E-state index contributed by atoms with van der Waals surface area (Å²) in [6, 6.07) is 17.4. The summed E-state index contributed by atoms with van der Waals surface area (Å²) in [5, 5.41) is 3.08. The number of thioether (sulfide) groups is 1. The van der Waals surface area contributed by atoms with E-state index in [-0.39, 0.29) is 11.8 Å². The van der Waals surface area contributed by atoms with E-state index in [1.54, 1.807) is 16.8 Å². The second-order valence-corrected chi connectivity index (χ2v) is 8.83. The molecule has 2 aromatic carbocycles. The van der Waals surface area contributed by atoms with Crippen LogP contribution in [0.2, 0.25) is 0 Å². The first-order valence-electron chi connectivity index (χ1n) is 9.79. The average Bonchev–Trinajstić information content (AvgIpc) is 3.45. The second-order valence-electron chi connectivity index (χ2n) is 7.01. The SMILES string of the molecule is CCN1C(=O)/C(=C2/C(=O)N(C)c3ccccc32)S/C1=N/c1nc(-c2ccccc2)cs1. The number of anilines is 1. The number of amides is 2. The summed E-state index contributed by atoms with van der Waals surface area (Å²) in [6.07, 6.45) is 0. The van der Waals surface area contributed by atoms with E-state index in [4.69, 9.17) is 0 Å². The van der Waals surface area contributed by atoms with Gasteiger partial charge in [0.1, 0.15) is 0 Å². The number of aliphatic imine (C=N–C) groups is 1. The third-order valence-corrected chi connectivity index (χ3v) is 7.02. The Morgan fingerprint density at radius 3 is 2.52 bits per heavy atom. The maximum absolute atomic E-state index is 13.2. The fraction of sp³-hybridized carbons (Fsp3) is 0.130. The molecule has 1 saturated heterocycles. The Balaban J connectivity index is 1.54. The predicted octanol–water partition coefficient (Wildman–Crippen LogP) is 4.78. The quantitative estimate of drug-likeness (QED) is 0.543. The van der Waals surface area contributed by atoms with Crippen LogP contribution in [0.4, 0.5) is 10.8 Å². The number of carbonyl (C=O) groups excluding carboxylic acids is 2. The molecule has 0 unspecified atom stereocenters. The first-order valence-corrected chi connectivity index (χ1v) is 11.5. The van der Waals surface area contributed by atoms with Crippen molar-refractivity contribution in [1.82, 2.24) is 9.88 Å². The van der Waals surface area contributed by atoms with Crippen LogP contribution in [0.25, 0.3) is 16.8 Å². The zero-order valence-electron chi connectivity index (χ0n) is 16.9. The molecule has 5 rings (SSSR count). The van der Waals surface area contributed by atoms with Gasteiger partial charge in [-0.05, 0) is 24.8 Å². The number of hydrogen-bond acceptors (Lipinski definition) is 6. The van der Waals surface area contributed by atoms with Crippen LogP contribution in [0.5, 0.6) is 0 Å². The molecule has 0 N–H and O–H groups in total. The lowest BCUT2D eigenvalue weighted by molar-refractivity contribution is -0.122. The standard InChI is InChI=1S/C23H18N4O2S2/c1-3-27-21(29)19(18-15-11-7-8-12-17(15)26(2)20(18)28)31-23(27)25-22-24-16(13-30-22)14-9-5-4-6-10-14/h4-13H,3H2,1-2H3/b19-18-,25-23+. The molecule has 3 aromatic rings. The van der Waals surface area contributed by atoms with Gasteiger partial charge < -0.3 is 4.90 Å². The highest BCUT2D eigenvalue weighted by Crippen LogP contribution is 2.44. The lowest BCUT2D eigenvalue weighted by Crippen LogP contribution is -2.29. The summed E-state index contributed by atoms with van der Waals surface area (Å²) < 4.78 is 0. The van der Waals surface area contributed by atoms with E-state index in [2.05, 4.69) is 9.98 Å². The lowest BCUT2D eigenvalue weighted by atomic mass is 10.1. The van der Waals surface area contributed by atoms with Crippen molar-refractivity contribution in [1.29, 1.82) is 0 Å². The number of nitrogens with zero attached hydrogens (tertiary/aromatic N) is 4. The number of benzene rings is 2. The van der Waals surface area contributed by atoms with Crippen LogP contribution in [0.15, 0.2) is 69.9 Å². The third-order valence-electron chi connectivity index (χ3n) is 5.21. The van der Waals surface area contributed by atoms with E-state index in [9.17, 15) is 9.59 Å². The van der Waals surface area contributed by atoms with Gasteiger partial charge in [0.2, 0.25) is 5.13 Å². The molecular formula is C23H18N4O2S2. The van der Waals surface area contributed by atoms with Gasteiger partial charge in [-0.1, -0.05) is 48.5 Å². The number of likely N-dealkylation sites (N-methyl/N-ethyl adjacent to an activating group) is 2. The lowest BCUT2D eigenvalue weighted by Gasteiger charge is -2.11. The highest BCUT2D eigenvalue weighted by atomic mass is 32.2. The molecule has 0 radical (unpaired) electrons. The maximum Gasteiger partial charge on any atom is 0.267 e. The Morgan fingerprint density at radius 1 is 1.00 bits per heavy atom. The average molecular weight is 447 g/mol. The van der Waals surface area contributed by atoms with Crippen molar-refractivity contribution in [2.24, 2.45) is 4.99 Å². The molecule has 0 bridgehead atoms. The topological polar surface area (TPSA) is 65.9 Å². The Labute approximate surface area is 187 Å². The van der Waals surface area contributed by atoms with E-state index in [1.807, 2.05) is 66.9 Å². The number of rotatable bonds is 3. The summed E-state index contributed by atoms with van der Waals surface area (Å²) >= 11 is 2.67. The van der Waals surface area contributed by atoms with Gasteiger partial charge in [0.05, 0.1) is 21.9 Å². The van der Waals surface area contributed by atoms with Gasteiger partial charge in [-0.3, -0.25) is 14.5 Å². The fourth-order valence-corrected chi connectivity index (χ4v) is 5.54.